The Bertz CT molecular complexity index is 479. The van der Waals surface area contributed by atoms with Gasteiger partial charge in [0, 0.05) is 19.1 Å². The number of carbonyl (C=O) groups is 1. The molecule has 0 spiro atoms. The predicted molar refractivity (Wildman–Crippen MR) is 59.4 cm³/mol. The van der Waals surface area contributed by atoms with E-state index in [1.807, 2.05) is 0 Å². The molecule has 18 heavy (non-hydrogen) atoms. The molecule has 0 aromatic heterocycles. The summed E-state index contributed by atoms with van der Waals surface area (Å²) in [7, 11) is 0. The van der Waals surface area contributed by atoms with E-state index in [1.165, 1.54) is 4.90 Å². The van der Waals surface area contributed by atoms with Crippen LogP contribution in [-0.4, -0.2) is 29.9 Å². The molecular weight excluding hydrogens is 245 g/mol. The average Bonchev–Trinajstić information content (AvgIpc) is 2.83. The van der Waals surface area contributed by atoms with Gasteiger partial charge in [0.15, 0.2) is 17.5 Å². The van der Waals surface area contributed by atoms with E-state index in [4.69, 9.17) is 5.73 Å². The zero-order valence-electron chi connectivity index (χ0n) is 9.63. The van der Waals surface area contributed by atoms with Gasteiger partial charge in [-0.3, -0.25) is 4.79 Å². The van der Waals surface area contributed by atoms with Crippen molar-refractivity contribution < 1.29 is 18.0 Å². The lowest BCUT2D eigenvalue weighted by molar-refractivity contribution is 0.0735. The van der Waals surface area contributed by atoms with Crippen molar-refractivity contribution in [3.8, 4) is 0 Å². The molecule has 6 heteroatoms. The molecule has 1 aliphatic rings. The average molecular weight is 258 g/mol. The largest absolute Gasteiger partial charge is 0.334 e. The van der Waals surface area contributed by atoms with Gasteiger partial charge < -0.3 is 10.6 Å². The molecule has 1 fully saturated rings. The van der Waals surface area contributed by atoms with Crippen molar-refractivity contribution in [2.45, 2.75) is 18.9 Å². The molecule has 0 saturated carbocycles. The molecule has 0 unspecified atom stereocenters. The van der Waals surface area contributed by atoms with E-state index in [0.717, 1.165) is 25.0 Å². The van der Waals surface area contributed by atoms with Crippen LogP contribution in [0.15, 0.2) is 12.1 Å². The van der Waals surface area contributed by atoms with Crippen molar-refractivity contribution >= 4 is 5.91 Å². The second-order valence-electron chi connectivity index (χ2n) is 4.25. The molecule has 1 amide bonds. The number of benzene rings is 1. The van der Waals surface area contributed by atoms with Gasteiger partial charge in [0.2, 0.25) is 0 Å². The summed E-state index contributed by atoms with van der Waals surface area (Å²) in [5.74, 6) is -5.01. The normalized spacial score (nSPS) is 19.3. The monoisotopic (exact) mass is 258 g/mol. The van der Waals surface area contributed by atoms with Crippen LogP contribution in [0.5, 0.6) is 0 Å². The first-order valence-corrected chi connectivity index (χ1v) is 5.70. The van der Waals surface area contributed by atoms with Gasteiger partial charge in [-0.25, -0.2) is 13.2 Å². The number of likely N-dealkylation sites (tertiary alicyclic amines) is 1. The van der Waals surface area contributed by atoms with Crippen LogP contribution >= 0.6 is 0 Å². The number of halogens is 3. The molecule has 0 radical (unpaired) electrons. The molecule has 0 bridgehead atoms. The van der Waals surface area contributed by atoms with Crippen molar-refractivity contribution in [1.29, 1.82) is 0 Å². The summed E-state index contributed by atoms with van der Waals surface area (Å²) in [5.41, 5.74) is 5.06. The van der Waals surface area contributed by atoms with Crippen LogP contribution in [0.1, 0.15) is 23.2 Å². The summed E-state index contributed by atoms with van der Waals surface area (Å²) < 4.78 is 39.4. The third-order valence-electron chi connectivity index (χ3n) is 3.18. The summed E-state index contributed by atoms with van der Waals surface area (Å²) in [6.45, 7) is 0.732. The fourth-order valence-electron chi connectivity index (χ4n) is 2.19. The molecule has 1 heterocycles. The van der Waals surface area contributed by atoms with Crippen molar-refractivity contribution in [3.05, 3.63) is 35.1 Å². The maximum absolute atomic E-state index is 13.5. The van der Waals surface area contributed by atoms with Crippen molar-refractivity contribution in [2.24, 2.45) is 5.73 Å². The Balaban J connectivity index is 2.32. The Hall–Kier alpha value is -1.56. The molecule has 1 atom stereocenters. The van der Waals surface area contributed by atoms with Gasteiger partial charge in [0.25, 0.3) is 5.91 Å². The first-order valence-electron chi connectivity index (χ1n) is 5.70. The topological polar surface area (TPSA) is 46.3 Å². The van der Waals surface area contributed by atoms with Gasteiger partial charge in [-0.05, 0) is 25.0 Å². The Morgan fingerprint density at radius 1 is 1.33 bits per heavy atom. The molecule has 2 N–H and O–H groups in total. The second-order valence-corrected chi connectivity index (χ2v) is 4.25. The summed E-state index contributed by atoms with van der Waals surface area (Å²) in [4.78, 5) is 13.5. The van der Waals surface area contributed by atoms with E-state index in [0.29, 0.717) is 6.54 Å². The molecular formula is C12H13F3N2O. The lowest BCUT2D eigenvalue weighted by Crippen LogP contribution is -2.40. The fraction of sp³-hybridized carbons (Fsp3) is 0.417. The molecule has 0 aliphatic carbocycles. The van der Waals surface area contributed by atoms with Gasteiger partial charge >= 0.3 is 0 Å². The Labute approximate surface area is 102 Å². The maximum Gasteiger partial charge on any atom is 0.257 e. The summed E-state index contributed by atoms with van der Waals surface area (Å²) in [6.07, 6.45) is 1.52. The highest BCUT2D eigenvalue weighted by atomic mass is 19.2. The van der Waals surface area contributed by atoms with Gasteiger partial charge in [-0.15, -0.1) is 0 Å². The summed E-state index contributed by atoms with van der Waals surface area (Å²) in [6, 6.07) is 1.55. The lowest BCUT2D eigenvalue weighted by Gasteiger charge is -2.23. The van der Waals surface area contributed by atoms with Crippen LogP contribution in [0.4, 0.5) is 13.2 Å². The zero-order valence-corrected chi connectivity index (χ0v) is 9.63. The van der Waals surface area contributed by atoms with Crippen LogP contribution in [0.3, 0.4) is 0 Å². The number of nitrogens with zero attached hydrogens (tertiary/aromatic N) is 1. The predicted octanol–water partition coefficient (Wildman–Crippen LogP) is 1.67. The molecule has 1 aromatic rings. The number of rotatable bonds is 2. The molecule has 98 valence electrons. The summed E-state index contributed by atoms with van der Waals surface area (Å²) in [5, 5.41) is 0. The first kappa shape index (κ1) is 12.9. The minimum absolute atomic E-state index is 0.162. The highest BCUT2D eigenvalue weighted by Crippen LogP contribution is 2.22. The number of hydrogen-bond donors (Lipinski definition) is 1. The van der Waals surface area contributed by atoms with E-state index in [9.17, 15) is 18.0 Å². The molecule has 2 rings (SSSR count). The quantitative estimate of drug-likeness (QED) is 0.820. The van der Waals surface area contributed by atoms with E-state index in [2.05, 4.69) is 0 Å². The fourth-order valence-corrected chi connectivity index (χ4v) is 2.19. The number of hydrogen-bond acceptors (Lipinski definition) is 2. The standard InChI is InChI=1S/C12H13F3N2O/c13-9-4-3-8(10(14)11(9)15)12(18)17-5-1-2-7(17)6-16/h3-4,7H,1-2,5-6,16H2/t7-/m0/s1. The third kappa shape index (κ3) is 2.08. The first-order chi connectivity index (χ1) is 8.56. The van der Waals surface area contributed by atoms with Crippen molar-refractivity contribution in [3.63, 3.8) is 0 Å². The van der Waals surface area contributed by atoms with E-state index in [-0.39, 0.29) is 12.6 Å². The van der Waals surface area contributed by atoms with Crippen molar-refractivity contribution in [2.75, 3.05) is 13.1 Å². The van der Waals surface area contributed by atoms with E-state index >= 15 is 0 Å². The van der Waals surface area contributed by atoms with Crippen LogP contribution in [0.2, 0.25) is 0 Å². The molecule has 1 aromatic carbocycles. The van der Waals surface area contributed by atoms with E-state index in [1.54, 1.807) is 0 Å². The molecule has 1 saturated heterocycles. The minimum atomic E-state index is -1.62. The highest BCUT2D eigenvalue weighted by molar-refractivity contribution is 5.95. The zero-order chi connectivity index (χ0) is 13.3. The number of carbonyl (C=O) groups excluding carboxylic acids is 1. The van der Waals surface area contributed by atoms with Crippen LogP contribution in [0.25, 0.3) is 0 Å². The Morgan fingerprint density at radius 2 is 2.06 bits per heavy atom. The molecule has 3 nitrogen and oxygen atoms in total. The van der Waals surface area contributed by atoms with Crippen molar-refractivity contribution in [1.82, 2.24) is 4.90 Å². The second kappa shape index (κ2) is 4.97. The summed E-state index contributed by atoms with van der Waals surface area (Å²) >= 11 is 0. The number of amides is 1. The smallest absolute Gasteiger partial charge is 0.257 e. The third-order valence-corrected chi connectivity index (χ3v) is 3.18. The van der Waals surface area contributed by atoms with Gasteiger partial charge in [-0.2, -0.15) is 0 Å². The van der Waals surface area contributed by atoms with Crippen LogP contribution in [-0.2, 0) is 0 Å². The van der Waals surface area contributed by atoms with E-state index < -0.39 is 28.9 Å². The minimum Gasteiger partial charge on any atom is -0.334 e. The Morgan fingerprint density at radius 3 is 2.72 bits per heavy atom. The van der Waals surface area contributed by atoms with Crippen LogP contribution < -0.4 is 5.73 Å². The van der Waals surface area contributed by atoms with Gasteiger partial charge in [0.1, 0.15) is 0 Å². The molecule has 1 aliphatic heterocycles. The van der Waals surface area contributed by atoms with Crippen LogP contribution in [0, 0.1) is 17.5 Å². The maximum atomic E-state index is 13.5. The Kier molecular flexibility index (Phi) is 3.56. The van der Waals surface area contributed by atoms with Gasteiger partial charge in [-0.1, -0.05) is 0 Å². The van der Waals surface area contributed by atoms with Gasteiger partial charge in [0.05, 0.1) is 5.56 Å². The SMILES string of the molecule is NC[C@@H]1CCCN1C(=O)c1ccc(F)c(F)c1F. The number of nitrogens with two attached hydrogens (primary N) is 1. The lowest BCUT2D eigenvalue weighted by atomic mass is 10.1. The highest BCUT2D eigenvalue weighted by Gasteiger charge is 2.30.